The summed E-state index contributed by atoms with van der Waals surface area (Å²) in [5.41, 5.74) is 1.61. The quantitative estimate of drug-likeness (QED) is 0.521. The largest absolute Gasteiger partial charge is 0.491 e. The normalized spacial score (nSPS) is 11.2. The van der Waals surface area contributed by atoms with Crippen LogP contribution in [0.1, 0.15) is 63.5 Å². The van der Waals surface area contributed by atoms with Crippen LogP contribution in [-0.2, 0) is 6.42 Å². The third kappa shape index (κ3) is 6.28. The molecule has 0 aliphatic heterocycles. The number of benzene rings is 1. The zero-order chi connectivity index (χ0) is 17.9. The first-order valence-electron chi connectivity index (χ1n) is 9.49. The Morgan fingerprint density at radius 1 is 0.880 bits per heavy atom. The second kappa shape index (κ2) is 11.0. The van der Waals surface area contributed by atoms with Gasteiger partial charge < -0.3 is 9.84 Å². The molecule has 1 N–H and O–H groups in total. The Morgan fingerprint density at radius 2 is 1.48 bits per heavy atom. The third-order valence-corrected chi connectivity index (χ3v) is 4.62. The summed E-state index contributed by atoms with van der Waals surface area (Å²) >= 11 is 0. The summed E-state index contributed by atoms with van der Waals surface area (Å²) in [6.07, 6.45) is 11.7. The lowest BCUT2D eigenvalue weighted by Gasteiger charge is -2.08. The fourth-order valence-electron chi connectivity index (χ4n) is 3.17. The van der Waals surface area contributed by atoms with Gasteiger partial charge in [0, 0.05) is 17.7 Å². The summed E-state index contributed by atoms with van der Waals surface area (Å²) in [6.45, 7) is 0.321. The number of pyridine rings is 1. The Labute approximate surface area is 150 Å². The predicted octanol–water partition coefficient (Wildman–Crippen LogP) is 5.43. The van der Waals surface area contributed by atoms with Crippen molar-refractivity contribution in [2.75, 3.05) is 13.7 Å². The molecule has 2 rings (SSSR count). The number of hydrogen-bond donors (Lipinski definition) is 1. The zero-order valence-corrected chi connectivity index (χ0v) is 15.3. The highest BCUT2D eigenvalue weighted by atomic mass is 19.1. The average Bonchev–Trinajstić information content (AvgIpc) is 2.63. The summed E-state index contributed by atoms with van der Waals surface area (Å²) in [7, 11) is 1.48. The summed E-state index contributed by atoms with van der Waals surface area (Å²) in [4.78, 5) is 4.60. The van der Waals surface area contributed by atoms with Crippen molar-refractivity contribution < 1.29 is 14.2 Å². The minimum absolute atomic E-state index is 0.237. The average molecular weight is 347 g/mol. The maximum atomic E-state index is 13.8. The molecule has 138 valence electrons. The lowest BCUT2D eigenvalue weighted by Crippen LogP contribution is -1.96. The standard InChI is InChI=1S/C21H30FNO2/c1-25-21-19(22)15-13-17-12-14-18(23-20(17)21)11-9-7-5-3-2-4-6-8-10-16-24/h12-15,24H,2-11,16H2,1H3. The number of halogens is 1. The Balaban J connectivity index is 1.71. The minimum Gasteiger partial charge on any atom is -0.491 e. The molecule has 0 unspecified atom stereocenters. The number of ether oxygens (including phenoxy) is 1. The van der Waals surface area contributed by atoms with Gasteiger partial charge in [0.1, 0.15) is 5.52 Å². The Hall–Kier alpha value is -1.68. The van der Waals surface area contributed by atoms with Crippen molar-refractivity contribution in [3.63, 3.8) is 0 Å². The van der Waals surface area contributed by atoms with Crippen molar-refractivity contribution >= 4 is 10.9 Å². The van der Waals surface area contributed by atoms with Gasteiger partial charge in [0.2, 0.25) is 0 Å². The highest BCUT2D eigenvalue weighted by Gasteiger charge is 2.10. The smallest absolute Gasteiger partial charge is 0.180 e. The van der Waals surface area contributed by atoms with Crippen molar-refractivity contribution in [2.45, 2.75) is 64.2 Å². The molecule has 0 aliphatic rings. The summed E-state index contributed by atoms with van der Waals surface area (Å²) in [5.74, 6) is -0.126. The van der Waals surface area contributed by atoms with Gasteiger partial charge in [0.15, 0.2) is 11.6 Å². The maximum absolute atomic E-state index is 13.8. The van der Waals surface area contributed by atoms with Gasteiger partial charge >= 0.3 is 0 Å². The van der Waals surface area contributed by atoms with Gasteiger partial charge in [-0.3, -0.25) is 0 Å². The van der Waals surface area contributed by atoms with Gasteiger partial charge in [0.05, 0.1) is 7.11 Å². The molecule has 0 bridgehead atoms. The molecule has 1 aromatic heterocycles. The fraction of sp³-hybridized carbons (Fsp3) is 0.571. The van der Waals surface area contributed by atoms with Gasteiger partial charge in [-0.2, -0.15) is 0 Å². The molecule has 25 heavy (non-hydrogen) atoms. The van der Waals surface area contributed by atoms with E-state index >= 15 is 0 Å². The van der Waals surface area contributed by atoms with E-state index in [2.05, 4.69) is 4.98 Å². The highest BCUT2D eigenvalue weighted by molar-refractivity contribution is 5.84. The van der Waals surface area contributed by atoms with Crippen molar-refractivity contribution in [3.8, 4) is 5.75 Å². The predicted molar refractivity (Wildman–Crippen MR) is 101 cm³/mol. The van der Waals surface area contributed by atoms with Crippen LogP contribution in [0.25, 0.3) is 10.9 Å². The number of aryl methyl sites for hydroxylation is 1. The van der Waals surface area contributed by atoms with Crippen molar-refractivity contribution in [1.82, 2.24) is 4.98 Å². The number of methoxy groups -OCH3 is 1. The highest BCUT2D eigenvalue weighted by Crippen LogP contribution is 2.27. The molecule has 0 radical (unpaired) electrons. The Morgan fingerprint density at radius 3 is 2.12 bits per heavy atom. The van der Waals surface area contributed by atoms with Crippen LogP contribution in [0.3, 0.4) is 0 Å². The molecule has 0 saturated carbocycles. The molecular formula is C21H30FNO2. The lowest BCUT2D eigenvalue weighted by atomic mass is 10.1. The SMILES string of the molecule is COc1c(F)ccc2ccc(CCCCCCCCCCCO)nc12. The van der Waals surface area contributed by atoms with Crippen LogP contribution in [0, 0.1) is 5.82 Å². The van der Waals surface area contributed by atoms with Crippen molar-refractivity contribution in [1.29, 1.82) is 0 Å². The van der Waals surface area contributed by atoms with Gasteiger partial charge in [0.25, 0.3) is 0 Å². The molecule has 0 spiro atoms. The molecule has 1 aromatic carbocycles. The number of fused-ring (bicyclic) bond motifs is 1. The van der Waals surface area contributed by atoms with Gasteiger partial charge in [-0.15, -0.1) is 0 Å². The Kier molecular flexibility index (Phi) is 8.67. The first-order chi connectivity index (χ1) is 12.3. The zero-order valence-electron chi connectivity index (χ0n) is 15.3. The molecular weight excluding hydrogens is 317 g/mol. The van der Waals surface area contributed by atoms with Crippen LogP contribution in [0.4, 0.5) is 4.39 Å². The van der Waals surface area contributed by atoms with E-state index in [0.717, 1.165) is 36.8 Å². The van der Waals surface area contributed by atoms with Crippen LogP contribution in [0.2, 0.25) is 0 Å². The van der Waals surface area contributed by atoms with Crippen LogP contribution in [0.15, 0.2) is 24.3 Å². The number of aliphatic hydroxyl groups excluding tert-OH is 1. The number of nitrogens with zero attached hydrogens (tertiary/aromatic N) is 1. The topological polar surface area (TPSA) is 42.4 Å². The van der Waals surface area contributed by atoms with E-state index in [0.29, 0.717) is 12.1 Å². The van der Waals surface area contributed by atoms with E-state index in [1.165, 1.54) is 51.7 Å². The number of unbranched alkanes of at least 4 members (excludes halogenated alkanes) is 8. The summed E-state index contributed by atoms with van der Waals surface area (Å²) < 4.78 is 19.0. The molecule has 0 amide bonds. The van der Waals surface area contributed by atoms with Crippen LogP contribution in [-0.4, -0.2) is 23.8 Å². The first kappa shape index (κ1) is 19.6. The Bertz CT molecular complexity index is 645. The fourth-order valence-corrected chi connectivity index (χ4v) is 3.17. The van der Waals surface area contributed by atoms with Crippen LogP contribution >= 0.6 is 0 Å². The van der Waals surface area contributed by atoms with E-state index in [1.807, 2.05) is 12.1 Å². The van der Waals surface area contributed by atoms with E-state index in [1.54, 1.807) is 6.07 Å². The lowest BCUT2D eigenvalue weighted by molar-refractivity contribution is 0.282. The molecule has 0 saturated heterocycles. The monoisotopic (exact) mass is 347 g/mol. The molecule has 0 aliphatic carbocycles. The van der Waals surface area contributed by atoms with E-state index < -0.39 is 0 Å². The molecule has 1 heterocycles. The van der Waals surface area contributed by atoms with E-state index in [9.17, 15) is 4.39 Å². The minimum atomic E-state index is -0.362. The number of rotatable bonds is 12. The summed E-state index contributed by atoms with van der Waals surface area (Å²) in [5, 5.41) is 9.64. The third-order valence-electron chi connectivity index (χ3n) is 4.62. The number of hydrogen-bond acceptors (Lipinski definition) is 3. The number of aliphatic hydroxyl groups is 1. The van der Waals surface area contributed by atoms with Crippen molar-refractivity contribution in [2.24, 2.45) is 0 Å². The van der Waals surface area contributed by atoms with Gasteiger partial charge in [-0.25, -0.2) is 9.37 Å². The molecule has 4 heteroatoms. The molecule has 2 aromatic rings. The van der Waals surface area contributed by atoms with E-state index in [-0.39, 0.29) is 11.6 Å². The second-order valence-electron chi connectivity index (χ2n) is 6.61. The molecule has 0 atom stereocenters. The van der Waals surface area contributed by atoms with Gasteiger partial charge in [-0.1, -0.05) is 51.0 Å². The van der Waals surface area contributed by atoms with Crippen LogP contribution in [0.5, 0.6) is 5.75 Å². The maximum Gasteiger partial charge on any atom is 0.180 e. The van der Waals surface area contributed by atoms with Gasteiger partial charge in [-0.05, 0) is 37.5 Å². The van der Waals surface area contributed by atoms with Crippen LogP contribution < -0.4 is 4.74 Å². The van der Waals surface area contributed by atoms with E-state index in [4.69, 9.17) is 9.84 Å². The van der Waals surface area contributed by atoms with Crippen molar-refractivity contribution in [3.05, 3.63) is 35.8 Å². The molecule has 3 nitrogen and oxygen atoms in total. The summed E-state index contributed by atoms with van der Waals surface area (Å²) in [6, 6.07) is 7.18. The first-order valence-corrected chi connectivity index (χ1v) is 9.49. The molecule has 0 fully saturated rings. The second-order valence-corrected chi connectivity index (χ2v) is 6.61. The number of aromatic nitrogens is 1.